The summed E-state index contributed by atoms with van der Waals surface area (Å²) in [6.45, 7) is 1.93. The average Bonchev–Trinajstić information content (AvgIpc) is 2.54. The van der Waals surface area contributed by atoms with Crippen LogP contribution in [-0.4, -0.2) is 11.0 Å². The minimum Gasteiger partial charge on any atom is -0.392 e. The van der Waals surface area contributed by atoms with E-state index < -0.39 is 0 Å². The molecule has 2 aromatic rings. The molecule has 114 valence electrons. The van der Waals surface area contributed by atoms with E-state index in [0.717, 1.165) is 24.0 Å². The van der Waals surface area contributed by atoms with E-state index in [4.69, 9.17) is 5.11 Å². The van der Waals surface area contributed by atoms with Crippen molar-refractivity contribution in [2.45, 2.75) is 26.4 Å². The summed E-state index contributed by atoms with van der Waals surface area (Å²) >= 11 is 0. The molecule has 22 heavy (non-hydrogen) atoms. The molecule has 0 aliphatic heterocycles. The first-order valence-corrected chi connectivity index (χ1v) is 7.39. The Morgan fingerprint density at radius 3 is 2.55 bits per heavy atom. The maximum Gasteiger partial charge on any atom is 0.248 e. The smallest absolute Gasteiger partial charge is 0.248 e. The van der Waals surface area contributed by atoms with Gasteiger partial charge in [-0.25, -0.2) is 0 Å². The monoisotopic (exact) mass is 295 g/mol. The fourth-order valence-corrected chi connectivity index (χ4v) is 2.21. The number of carbonyl (C=O) groups excluding carboxylic acids is 1. The highest BCUT2D eigenvalue weighted by Gasteiger charge is 2.01. The molecule has 0 radical (unpaired) electrons. The van der Waals surface area contributed by atoms with E-state index in [-0.39, 0.29) is 12.5 Å². The Hall–Kier alpha value is -2.39. The van der Waals surface area contributed by atoms with Gasteiger partial charge >= 0.3 is 0 Å². The van der Waals surface area contributed by atoms with Gasteiger partial charge in [0, 0.05) is 11.8 Å². The minimum atomic E-state index is -0.138. The van der Waals surface area contributed by atoms with Crippen molar-refractivity contribution in [1.29, 1.82) is 0 Å². The first kappa shape index (κ1) is 16.0. The highest BCUT2D eigenvalue weighted by atomic mass is 16.3. The second-order valence-corrected chi connectivity index (χ2v) is 5.32. The highest BCUT2D eigenvalue weighted by molar-refractivity contribution is 5.99. The number of allylic oxidation sites excluding steroid dienone is 1. The van der Waals surface area contributed by atoms with Crippen molar-refractivity contribution < 1.29 is 9.90 Å². The molecule has 0 bridgehead atoms. The largest absolute Gasteiger partial charge is 0.392 e. The predicted octanol–water partition coefficient (Wildman–Crippen LogP) is 3.70. The maximum atomic E-state index is 12.0. The van der Waals surface area contributed by atoms with E-state index in [1.54, 1.807) is 12.1 Å². The Bertz CT molecular complexity index is 647. The second-order valence-electron chi connectivity index (χ2n) is 5.32. The lowest BCUT2D eigenvalue weighted by atomic mass is 10.1. The lowest BCUT2D eigenvalue weighted by Gasteiger charge is -2.06. The zero-order chi connectivity index (χ0) is 15.8. The van der Waals surface area contributed by atoms with Crippen LogP contribution in [0.4, 0.5) is 5.69 Å². The number of hydrogen-bond donors (Lipinski definition) is 2. The minimum absolute atomic E-state index is 0.0321. The van der Waals surface area contributed by atoms with E-state index in [1.165, 1.54) is 5.56 Å². The summed E-state index contributed by atoms with van der Waals surface area (Å²) in [7, 11) is 0. The Kier molecular flexibility index (Phi) is 5.92. The Morgan fingerprint density at radius 2 is 1.82 bits per heavy atom. The van der Waals surface area contributed by atoms with E-state index in [1.807, 2.05) is 43.3 Å². The molecule has 2 aromatic carbocycles. The van der Waals surface area contributed by atoms with Crippen LogP contribution in [0, 0.1) is 0 Å². The number of aryl methyl sites for hydroxylation is 1. The summed E-state index contributed by atoms with van der Waals surface area (Å²) in [5.41, 5.74) is 3.79. The van der Waals surface area contributed by atoms with Crippen molar-refractivity contribution in [3.8, 4) is 0 Å². The third-order valence-corrected chi connectivity index (χ3v) is 3.41. The van der Waals surface area contributed by atoms with Gasteiger partial charge in [-0.15, -0.1) is 0 Å². The molecule has 3 nitrogen and oxygen atoms in total. The van der Waals surface area contributed by atoms with Gasteiger partial charge in [0.25, 0.3) is 0 Å². The van der Waals surface area contributed by atoms with Crippen molar-refractivity contribution in [2.24, 2.45) is 0 Å². The molecule has 0 aliphatic carbocycles. The number of amides is 1. The molecule has 0 heterocycles. The Labute approximate surface area is 131 Å². The van der Waals surface area contributed by atoms with Crippen LogP contribution in [0.3, 0.4) is 0 Å². The molecule has 0 aliphatic rings. The van der Waals surface area contributed by atoms with Gasteiger partial charge in [0.05, 0.1) is 6.61 Å². The lowest BCUT2D eigenvalue weighted by molar-refractivity contribution is -0.112. The molecular weight excluding hydrogens is 274 g/mol. The van der Waals surface area contributed by atoms with Crippen LogP contribution in [0.5, 0.6) is 0 Å². The van der Waals surface area contributed by atoms with Gasteiger partial charge in [0.2, 0.25) is 5.91 Å². The van der Waals surface area contributed by atoms with Gasteiger partial charge in [-0.1, -0.05) is 48.0 Å². The summed E-state index contributed by atoms with van der Waals surface area (Å²) in [6, 6.07) is 17.4. The zero-order valence-corrected chi connectivity index (χ0v) is 12.8. The number of nitrogens with one attached hydrogen (secondary N) is 1. The molecule has 2 N–H and O–H groups in total. The van der Waals surface area contributed by atoms with Gasteiger partial charge in [-0.2, -0.15) is 0 Å². The number of aliphatic hydroxyl groups is 1. The predicted molar refractivity (Wildman–Crippen MR) is 89.5 cm³/mol. The summed E-state index contributed by atoms with van der Waals surface area (Å²) in [5.74, 6) is -0.138. The molecule has 3 heteroatoms. The van der Waals surface area contributed by atoms with Gasteiger partial charge in [-0.05, 0) is 43.0 Å². The fraction of sp³-hybridized carbons (Fsp3) is 0.211. The van der Waals surface area contributed by atoms with E-state index in [2.05, 4.69) is 17.4 Å². The van der Waals surface area contributed by atoms with Gasteiger partial charge in [0.1, 0.15) is 0 Å². The Morgan fingerprint density at radius 1 is 1.09 bits per heavy atom. The van der Waals surface area contributed by atoms with Crippen molar-refractivity contribution in [3.05, 3.63) is 77.4 Å². The fourth-order valence-electron chi connectivity index (χ4n) is 2.21. The molecule has 0 atom stereocenters. The topological polar surface area (TPSA) is 49.3 Å². The van der Waals surface area contributed by atoms with Gasteiger partial charge in [-0.3, -0.25) is 4.79 Å². The summed E-state index contributed by atoms with van der Waals surface area (Å²) < 4.78 is 0. The molecular formula is C19H21NO2. The van der Waals surface area contributed by atoms with Crippen LogP contribution < -0.4 is 5.32 Å². The summed E-state index contributed by atoms with van der Waals surface area (Å²) in [4.78, 5) is 12.0. The second kappa shape index (κ2) is 8.15. The first-order valence-electron chi connectivity index (χ1n) is 7.39. The van der Waals surface area contributed by atoms with Crippen molar-refractivity contribution >= 4 is 11.6 Å². The van der Waals surface area contributed by atoms with Crippen LogP contribution in [0.15, 0.2) is 66.2 Å². The number of rotatable bonds is 6. The standard InChI is InChI=1S/C19H21NO2/c1-15(10-11-16-6-3-2-4-7-16)12-19(22)20-18-9-5-8-17(13-18)14-21/h2-9,12-13,21H,10-11,14H2,1H3,(H,20,22)/b15-12-. The van der Waals surface area contributed by atoms with Gasteiger partial charge < -0.3 is 10.4 Å². The number of benzene rings is 2. The van der Waals surface area contributed by atoms with E-state index >= 15 is 0 Å². The molecule has 0 spiro atoms. The molecule has 0 fully saturated rings. The quantitative estimate of drug-likeness (QED) is 0.798. The SMILES string of the molecule is C/C(=C/C(=O)Nc1cccc(CO)c1)CCc1ccccc1. The molecule has 2 rings (SSSR count). The summed E-state index contributed by atoms with van der Waals surface area (Å²) in [5, 5.41) is 11.9. The molecule has 0 aromatic heterocycles. The number of aliphatic hydroxyl groups excluding tert-OH is 1. The van der Waals surface area contributed by atoms with Crippen molar-refractivity contribution in [3.63, 3.8) is 0 Å². The highest BCUT2D eigenvalue weighted by Crippen LogP contribution is 2.12. The molecule has 0 unspecified atom stereocenters. The van der Waals surface area contributed by atoms with Crippen LogP contribution in [0.1, 0.15) is 24.5 Å². The summed E-state index contributed by atoms with van der Waals surface area (Å²) in [6.07, 6.45) is 3.42. The lowest BCUT2D eigenvalue weighted by Crippen LogP contribution is -2.09. The maximum absolute atomic E-state index is 12.0. The average molecular weight is 295 g/mol. The van der Waals surface area contributed by atoms with Crippen LogP contribution >= 0.6 is 0 Å². The van der Waals surface area contributed by atoms with E-state index in [9.17, 15) is 4.79 Å². The number of hydrogen-bond acceptors (Lipinski definition) is 2. The van der Waals surface area contributed by atoms with Crippen molar-refractivity contribution in [2.75, 3.05) is 5.32 Å². The Balaban J connectivity index is 1.89. The number of carbonyl (C=O) groups is 1. The third-order valence-electron chi connectivity index (χ3n) is 3.41. The third kappa shape index (κ3) is 5.19. The number of anilines is 1. The van der Waals surface area contributed by atoms with Crippen LogP contribution in [0.2, 0.25) is 0 Å². The first-order chi connectivity index (χ1) is 10.7. The molecule has 0 saturated heterocycles. The van der Waals surface area contributed by atoms with E-state index in [0.29, 0.717) is 5.69 Å². The zero-order valence-electron chi connectivity index (χ0n) is 12.8. The van der Waals surface area contributed by atoms with Crippen LogP contribution in [0.25, 0.3) is 0 Å². The molecule has 0 saturated carbocycles. The van der Waals surface area contributed by atoms with Crippen LogP contribution in [-0.2, 0) is 17.8 Å². The van der Waals surface area contributed by atoms with Crippen molar-refractivity contribution in [1.82, 2.24) is 0 Å². The molecule has 1 amide bonds. The van der Waals surface area contributed by atoms with Gasteiger partial charge in [0.15, 0.2) is 0 Å². The normalized spacial score (nSPS) is 11.3.